The molecule has 0 atom stereocenters. The fourth-order valence-corrected chi connectivity index (χ4v) is 0.325. The zero-order valence-corrected chi connectivity index (χ0v) is 9.15. The first-order valence-corrected chi connectivity index (χ1v) is 4.41. The summed E-state index contributed by atoms with van der Waals surface area (Å²) in [5.74, 6) is 0. The van der Waals surface area contributed by atoms with E-state index in [1.807, 2.05) is 22.6 Å². The van der Waals surface area contributed by atoms with Gasteiger partial charge in [0.2, 0.25) is 0 Å². The van der Waals surface area contributed by atoms with Gasteiger partial charge in [-0.15, -0.1) is 0 Å². The van der Waals surface area contributed by atoms with Gasteiger partial charge in [0.25, 0.3) is 0 Å². The SMILES string of the molecule is [O]C/C(I)=C(\Br)I. The van der Waals surface area contributed by atoms with Crippen LogP contribution in [-0.2, 0) is 5.11 Å². The molecule has 0 saturated carbocycles. The van der Waals surface area contributed by atoms with Crippen LogP contribution in [0.1, 0.15) is 0 Å². The molecule has 1 radical (unpaired) electrons. The van der Waals surface area contributed by atoms with Gasteiger partial charge >= 0.3 is 0 Å². The fourth-order valence-electron chi connectivity index (χ4n) is 0.0546. The van der Waals surface area contributed by atoms with Crippen LogP contribution in [0.25, 0.3) is 0 Å². The minimum absolute atomic E-state index is 0.121. The van der Waals surface area contributed by atoms with E-state index in [0.717, 1.165) is 6.07 Å². The second-order valence-corrected chi connectivity index (χ2v) is 5.47. The minimum atomic E-state index is -0.121. The van der Waals surface area contributed by atoms with Gasteiger partial charge in [-0.1, -0.05) is 0 Å². The first-order valence-electron chi connectivity index (χ1n) is 1.46. The molecule has 0 aliphatic heterocycles. The van der Waals surface area contributed by atoms with Crippen molar-refractivity contribution < 1.29 is 5.11 Å². The van der Waals surface area contributed by atoms with Gasteiger partial charge in [0, 0.05) is 3.58 Å². The normalized spacial score (nSPS) is 13.7. The summed E-state index contributed by atoms with van der Waals surface area (Å²) in [5.41, 5.74) is 0. The molecule has 0 aromatic carbocycles. The lowest BCUT2D eigenvalue weighted by Gasteiger charge is -1.86. The Balaban J connectivity index is 3.72. The Morgan fingerprint density at radius 1 is 1.57 bits per heavy atom. The summed E-state index contributed by atoms with van der Waals surface area (Å²) in [5, 5.41) is 9.97. The van der Waals surface area contributed by atoms with Crippen molar-refractivity contribution in [3.63, 3.8) is 0 Å². The molecule has 0 saturated heterocycles. The van der Waals surface area contributed by atoms with Gasteiger partial charge < -0.3 is 0 Å². The van der Waals surface area contributed by atoms with Crippen molar-refractivity contribution in [3.05, 3.63) is 6.07 Å². The van der Waals surface area contributed by atoms with Crippen LogP contribution in [0, 0.1) is 0 Å². The van der Waals surface area contributed by atoms with Crippen LogP contribution in [0.2, 0.25) is 0 Å². The topological polar surface area (TPSA) is 19.9 Å². The van der Waals surface area contributed by atoms with Gasteiger partial charge in [-0.2, -0.15) is 0 Å². The lowest BCUT2D eigenvalue weighted by Crippen LogP contribution is -1.74. The maximum absolute atomic E-state index is 9.97. The van der Waals surface area contributed by atoms with E-state index in [0.29, 0.717) is 0 Å². The van der Waals surface area contributed by atoms with Crippen molar-refractivity contribution in [1.29, 1.82) is 0 Å². The van der Waals surface area contributed by atoms with Gasteiger partial charge in [0.05, 0.1) is 2.49 Å². The molecular weight excluding hydrogens is 386 g/mol. The Morgan fingerprint density at radius 3 is 2.00 bits per heavy atom. The zero-order chi connectivity index (χ0) is 5.86. The predicted octanol–water partition coefficient (Wildman–Crippen LogP) is 2.85. The Bertz CT molecular complexity index is 86.9. The molecule has 0 rings (SSSR count). The van der Waals surface area contributed by atoms with Crippen molar-refractivity contribution in [2.75, 3.05) is 6.61 Å². The number of hydrogen-bond donors (Lipinski definition) is 0. The van der Waals surface area contributed by atoms with E-state index >= 15 is 0 Å². The Morgan fingerprint density at radius 2 is 2.00 bits per heavy atom. The third kappa shape index (κ3) is 4.16. The summed E-state index contributed by atoms with van der Waals surface area (Å²) in [7, 11) is 0. The van der Waals surface area contributed by atoms with Crippen LogP contribution in [0.5, 0.6) is 0 Å². The third-order valence-corrected chi connectivity index (χ3v) is 4.09. The average Bonchev–Trinajstić information content (AvgIpc) is 1.65. The van der Waals surface area contributed by atoms with Crippen LogP contribution < -0.4 is 0 Å². The first kappa shape index (κ1) is 8.64. The minimum Gasteiger partial charge on any atom is -0.231 e. The smallest absolute Gasteiger partial charge is 0.114 e. The van der Waals surface area contributed by atoms with Crippen LogP contribution in [0.3, 0.4) is 0 Å². The standard InChI is InChI=1S/C3H2BrI2O/c4-3(6)2(5)1-7/h1H2/b3-2-. The van der Waals surface area contributed by atoms with E-state index in [1.54, 1.807) is 0 Å². The van der Waals surface area contributed by atoms with Gasteiger partial charge in [-0.05, 0) is 61.1 Å². The monoisotopic (exact) mass is 387 g/mol. The Kier molecular flexibility index (Phi) is 5.57. The van der Waals surface area contributed by atoms with Gasteiger partial charge in [0.15, 0.2) is 0 Å². The van der Waals surface area contributed by atoms with E-state index in [4.69, 9.17) is 0 Å². The van der Waals surface area contributed by atoms with Crippen LogP contribution in [0.15, 0.2) is 6.07 Å². The van der Waals surface area contributed by atoms with Crippen LogP contribution in [-0.4, -0.2) is 6.61 Å². The number of rotatable bonds is 1. The summed E-state index contributed by atoms with van der Waals surface area (Å²) >= 11 is 7.22. The summed E-state index contributed by atoms with van der Waals surface area (Å²) in [4.78, 5) is 0. The van der Waals surface area contributed by atoms with Gasteiger partial charge in [0.1, 0.15) is 6.61 Å². The maximum atomic E-state index is 9.97. The molecular formula is C3H2BrI2O. The van der Waals surface area contributed by atoms with Crippen molar-refractivity contribution in [1.82, 2.24) is 0 Å². The summed E-state index contributed by atoms with van der Waals surface area (Å²) < 4.78 is 1.75. The van der Waals surface area contributed by atoms with E-state index in [2.05, 4.69) is 38.5 Å². The molecule has 0 amide bonds. The molecule has 0 fully saturated rings. The van der Waals surface area contributed by atoms with E-state index < -0.39 is 0 Å². The van der Waals surface area contributed by atoms with E-state index in [9.17, 15) is 5.11 Å². The highest BCUT2D eigenvalue weighted by Crippen LogP contribution is 2.23. The van der Waals surface area contributed by atoms with Crippen molar-refractivity contribution in [3.8, 4) is 0 Å². The Hall–Kier alpha value is 1.64. The molecule has 0 heterocycles. The number of halogens is 3. The summed E-state index contributed by atoms with van der Waals surface area (Å²) in [6, 6.07) is 0. The quantitative estimate of drug-likeness (QED) is 0.617. The molecule has 0 bridgehead atoms. The van der Waals surface area contributed by atoms with Crippen molar-refractivity contribution in [2.24, 2.45) is 0 Å². The maximum Gasteiger partial charge on any atom is 0.114 e. The molecule has 7 heavy (non-hydrogen) atoms. The summed E-state index contributed by atoms with van der Waals surface area (Å²) in [6.45, 7) is -0.121. The largest absolute Gasteiger partial charge is 0.231 e. The highest BCUT2D eigenvalue weighted by atomic mass is 127. The molecule has 0 spiro atoms. The zero-order valence-electron chi connectivity index (χ0n) is 3.25. The van der Waals surface area contributed by atoms with E-state index in [1.165, 1.54) is 0 Å². The van der Waals surface area contributed by atoms with Crippen LogP contribution >= 0.6 is 61.1 Å². The molecule has 4 heteroatoms. The second-order valence-electron chi connectivity index (χ2n) is 0.810. The number of hydrogen-bond acceptors (Lipinski definition) is 0. The highest BCUT2D eigenvalue weighted by molar-refractivity contribution is 14.1. The second kappa shape index (κ2) is 4.51. The highest BCUT2D eigenvalue weighted by Gasteiger charge is 1.92. The first-order chi connectivity index (χ1) is 3.18. The predicted molar refractivity (Wildman–Crippen MR) is 49.5 cm³/mol. The molecule has 0 aromatic rings. The van der Waals surface area contributed by atoms with Gasteiger partial charge in [-0.25, -0.2) is 5.11 Å². The lowest BCUT2D eigenvalue weighted by molar-refractivity contribution is 0.231. The fraction of sp³-hybridized carbons (Fsp3) is 0.333. The summed E-state index contributed by atoms with van der Waals surface area (Å²) in [6.07, 6.45) is 0. The van der Waals surface area contributed by atoms with E-state index in [-0.39, 0.29) is 6.61 Å². The van der Waals surface area contributed by atoms with Crippen molar-refractivity contribution in [2.45, 2.75) is 0 Å². The Labute approximate surface area is 78.0 Å². The molecule has 0 aliphatic carbocycles. The molecule has 0 unspecified atom stereocenters. The lowest BCUT2D eigenvalue weighted by atomic mass is 10.7. The molecule has 0 N–H and O–H groups in total. The van der Waals surface area contributed by atoms with Crippen LogP contribution in [0.4, 0.5) is 0 Å². The average molecular weight is 388 g/mol. The van der Waals surface area contributed by atoms with Gasteiger partial charge in [-0.3, -0.25) is 0 Å². The molecule has 0 aliphatic rings. The molecule has 41 valence electrons. The molecule has 0 aromatic heterocycles. The van der Waals surface area contributed by atoms with Crippen molar-refractivity contribution >= 4 is 61.1 Å². The molecule has 1 nitrogen and oxygen atoms in total. The third-order valence-electron chi connectivity index (χ3n) is 0.332.